The predicted octanol–water partition coefficient (Wildman–Crippen LogP) is 1.71. The van der Waals surface area contributed by atoms with Gasteiger partial charge in [0.1, 0.15) is 11.4 Å². The molecule has 4 heteroatoms. The number of nitrogens with two attached hydrogens (primary N) is 1. The third kappa shape index (κ3) is 2.07. The number of aromatic nitrogens is 1. The van der Waals surface area contributed by atoms with Crippen molar-refractivity contribution >= 4 is 11.6 Å². The minimum Gasteiger partial charge on any atom is -0.383 e. The Balaban J connectivity index is 3.24. The van der Waals surface area contributed by atoms with Gasteiger partial charge in [-0.2, -0.15) is 0 Å². The van der Waals surface area contributed by atoms with Crippen LogP contribution in [0.5, 0.6) is 0 Å². The monoisotopic (exact) mass is 222 g/mol. The Morgan fingerprint density at radius 1 is 1.50 bits per heavy atom. The molecule has 0 bridgehead atoms. The number of rotatable bonds is 4. The number of hydrogen-bond acceptors (Lipinski definition) is 4. The van der Waals surface area contributed by atoms with Crippen LogP contribution < -0.4 is 5.73 Å². The molecule has 0 aliphatic rings. The van der Waals surface area contributed by atoms with Gasteiger partial charge in [-0.15, -0.1) is 0 Å². The highest BCUT2D eigenvalue weighted by molar-refractivity contribution is 6.06. The molecular weight excluding hydrogens is 204 g/mol. The van der Waals surface area contributed by atoms with Gasteiger partial charge in [-0.3, -0.25) is 4.79 Å². The molecule has 0 unspecified atom stereocenters. The maximum Gasteiger partial charge on any atom is 0.198 e. The lowest BCUT2D eigenvalue weighted by Gasteiger charge is -2.24. The van der Waals surface area contributed by atoms with E-state index in [1.807, 2.05) is 0 Å². The Bertz CT molecular complexity index is 378. The quantitative estimate of drug-likeness (QED) is 0.760. The molecule has 3 N–H and O–H groups in total. The zero-order valence-corrected chi connectivity index (χ0v) is 9.95. The molecule has 0 atom stereocenters. The Hall–Kier alpha value is -1.42. The first-order chi connectivity index (χ1) is 7.46. The third-order valence-corrected chi connectivity index (χ3v) is 3.01. The van der Waals surface area contributed by atoms with Crippen molar-refractivity contribution in [3.63, 3.8) is 0 Å². The van der Waals surface area contributed by atoms with Gasteiger partial charge in [0.2, 0.25) is 0 Å². The van der Waals surface area contributed by atoms with Crippen LogP contribution in [0.4, 0.5) is 5.82 Å². The number of carbonyl (C=O) groups excluding carboxylic acids is 1. The van der Waals surface area contributed by atoms with Crippen molar-refractivity contribution in [3.05, 3.63) is 23.4 Å². The Morgan fingerprint density at radius 3 is 2.50 bits per heavy atom. The van der Waals surface area contributed by atoms with Crippen LogP contribution in [0, 0.1) is 6.92 Å². The van der Waals surface area contributed by atoms with Crippen molar-refractivity contribution in [1.82, 2.24) is 4.98 Å². The molecule has 0 amide bonds. The molecule has 0 saturated heterocycles. The molecule has 0 fully saturated rings. The van der Waals surface area contributed by atoms with E-state index in [0.29, 0.717) is 18.4 Å². The smallest absolute Gasteiger partial charge is 0.198 e. The molecular formula is C12H18N2O2. The van der Waals surface area contributed by atoms with Crippen LogP contribution in [-0.2, 0) is 0 Å². The SMILES string of the molecule is CCC(O)(CC)C(=O)c1c(C)ccnc1N. The zero-order valence-electron chi connectivity index (χ0n) is 9.95. The van der Waals surface area contributed by atoms with Gasteiger partial charge in [0.05, 0.1) is 5.56 Å². The van der Waals surface area contributed by atoms with Crippen molar-refractivity contribution in [1.29, 1.82) is 0 Å². The molecule has 1 heterocycles. The molecule has 0 spiro atoms. The van der Waals surface area contributed by atoms with E-state index in [4.69, 9.17) is 5.73 Å². The molecule has 0 saturated carbocycles. The normalized spacial score (nSPS) is 11.5. The number of aryl methyl sites for hydroxylation is 1. The lowest BCUT2D eigenvalue weighted by atomic mass is 9.86. The summed E-state index contributed by atoms with van der Waals surface area (Å²) < 4.78 is 0. The van der Waals surface area contributed by atoms with E-state index >= 15 is 0 Å². The summed E-state index contributed by atoms with van der Waals surface area (Å²) in [5.41, 5.74) is 5.44. The van der Waals surface area contributed by atoms with Crippen LogP contribution >= 0.6 is 0 Å². The summed E-state index contributed by atoms with van der Waals surface area (Å²) in [6.07, 6.45) is 2.30. The van der Waals surface area contributed by atoms with Gasteiger partial charge in [-0.05, 0) is 31.4 Å². The lowest BCUT2D eigenvalue weighted by molar-refractivity contribution is 0.0277. The Labute approximate surface area is 95.5 Å². The summed E-state index contributed by atoms with van der Waals surface area (Å²) in [7, 11) is 0. The van der Waals surface area contributed by atoms with E-state index in [2.05, 4.69) is 4.98 Å². The Morgan fingerprint density at radius 2 is 2.06 bits per heavy atom. The fourth-order valence-electron chi connectivity index (χ4n) is 1.68. The number of anilines is 1. The standard InChI is InChI=1S/C12H18N2O2/c1-4-12(16,5-2)10(15)9-8(3)6-7-14-11(9)13/h6-7,16H,4-5H2,1-3H3,(H2,13,14). The maximum absolute atomic E-state index is 12.2. The molecule has 88 valence electrons. The van der Waals surface area contributed by atoms with E-state index in [9.17, 15) is 9.90 Å². The predicted molar refractivity (Wildman–Crippen MR) is 63.2 cm³/mol. The molecule has 16 heavy (non-hydrogen) atoms. The number of aliphatic hydroxyl groups is 1. The fourth-order valence-corrected chi connectivity index (χ4v) is 1.68. The van der Waals surface area contributed by atoms with E-state index in [-0.39, 0.29) is 11.6 Å². The van der Waals surface area contributed by atoms with Crippen LogP contribution in [0.3, 0.4) is 0 Å². The highest BCUT2D eigenvalue weighted by Crippen LogP contribution is 2.25. The molecule has 1 aromatic rings. The molecule has 0 aromatic carbocycles. The van der Waals surface area contributed by atoms with E-state index in [1.54, 1.807) is 33.0 Å². The topological polar surface area (TPSA) is 76.2 Å². The number of ketones is 1. The van der Waals surface area contributed by atoms with Gasteiger partial charge in [0.25, 0.3) is 0 Å². The number of carbonyl (C=O) groups is 1. The maximum atomic E-state index is 12.2. The van der Waals surface area contributed by atoms with E-state index < -0.39 is 5.60 Å². The first kappa shape index (κ1) is 12.6. The van der Waals surface area contributed by atoms with Crippen molar-refractivity contribution in [2.24, 2.45) is 0 Å². The molecule has 0 aliphatic carbocycles. The molecule has 1 aromatic heterocycles. The summed E-state index contributed by atoms with van der Waals surface area (Å²) >= 11 is 0. The summed E-state index contributed by atoms with van der Waals surface area (Å²) in [6.45, 7) is 5.35. The summed E-state index contributed by atoms with van der Waals surface area (Å²) in [4.78, 5) is 16.1. The number of hydrogen-bond donors (Lipinski definition) is 2. The minimum atomic E-state index is -1.33. The van der Waals surface area contributed by atoms with Crippen molar-refractivity contribution in [2.75, 3.05) is 5.73 Å². The van der Waals surface area contributed by atoms with Crippen molar-refractivity contribution in [2.45, 2.75) is 39.2 Å². The summed E-state index contributed by atoms with van der Waals surface area (Å²) in [5.74, 6) is -0.147. The first-order valence-electron chi connectivity index (χ1n) is 5.44. The summed E-state index contributed by atoms with van der Waals surface area (Å²) in [6, 6.07) is 1.72. The minimum absolute atomic E-state index is 0.185. The van der Waals surface area contributed by atoms with Gasteiger partial charge in [0, 0.05) is 6.20 Å². The van der Waals surface area contributed by atoms with Crippen LogP contribution in [0.15, 0.2) is 12.3 Å². The largest absolute Gasteiger partial charge is 0.383 e. The van der Waals surface area contributed by atoms with Gasteiger partial charge in [-0.25, -0.2) is 4.98 Å². The summed E-state index contributed by atoms with van der Waals surface area (Å²) in [5, 5.41) is 10.2. The first-order valence-corrected chi connectivity index (χ1v) is 5.44. The zero-order chi connectivity index (χ0) is 12.3. The van der Waals surface area contributed by atoms with Crippen molar-refractivity contribution < 1.29 is 9.90 Å². The number of Topliss-reactive ketones (excluding diaryl/α,β-unsaturated/α-hetero) is 1. The third-order valence-electron chi connectivity index (χ3n) is 3.01. The Kier molecular flexibility index (Phi) is 3.65. The number of nitrogen functional groups attached to an aromatic ring is 1. The van der Waals surface area contributed by atoms with Gasteiger partial charge in [-0.1, -0.05) is 13.8 Å². The molecule has 4 nitrogen and oxygen atoms in total. The van der Waals surface area contributed by atoms with Crippen LogP contribution in [-0.4, -0.2) is 21.5 Å². The van der Waals surface area contributed by atoms with Gasteiger partial charge < -0.3 is 10.8 Å². The molecule has 1 rings (SSSR count). The average molecular weight is 222 g/mol. The van der Waals surface area contributed by atoms with E-state index in [0.717, 1.165) is 5.56 Å². The van der Waals surface area contributed by atoms with E-state index in [1.165, 1.54) is 0 Å². The fraction of sp³-hybridized carbons (Fsp3) is 0.500. The molecule has 0 radical (unpaired) electrons. The van der Waals surface area contributed by atoms with Crippen molar-refractivity contribution in [3.8, 4) is 0 Å². The highest BCUT2D eigenvalue weighted by Gasteiger charge is 2.34. The number of nitrogens with zero attached hydrogens (tertiary/aromatic N) is 1. The second-order valence-corrected chi connectivity index (χ2v) is 3.96. The number of pyridine rings is 1. The molecule has 0 aliphatic heterocycles. The van der Waals surface area contributed by atoms with Gasteiger partial charge in [0.15, 0.2) is 5.78 Å². The average Bonchev–Trinajstić information content (AvgIpc) is 2.27. The second kappa shape index (κ2) is 4.61. The van der Waals surface area contributed by atoms with Crippen LogP contribution in [0.25, 0.3) is 0 Å². The lowest BCUT2D eigenvalue weighted by Crippen LogP contribution is -2.38. The van der Waals surface area contributed by atoms with Crippen LogP contribution in [0.2, 0.25) is 0 Å². The van der Waals surface area contributed by atoms with Crippen LogP contribution in [0.1, 0.15) is 42.6 Å². The second-order valence-electron chi connectivity index (χ2n) is 3.96. The van der Waals surface area contributed by atoms with Gasteiger partial charge >= 0.3 is 0 Å². The highest BCUT2D eigenvalue weighted by atomic mass is 16.3.